The van der Waals surface area contributed by atoms with Crippen LogP contribution >= 0.6 is 0 Å². The number of benzene rings is 6. The normalized spacial score (nSPS) is 13.4. The molecule has 0 spiro atoms. The summed E-state index contributed by atoms with van der Waals surface area (Å²) in [5.74, 6) is 1.69. The molecule has 6 aromatic carbocycles. The number of ether oxygens (including phenoxy) is 1. The topological polar surface area (TPSA) is 46.3 Å². The van der Waals surface area contributed by atoms with Crippen LogP contribution in [0, 0.1) is 12.1 Å². The molecule has 0 radical (unpaired) electrons. The Kier molecular flexibility index (Phi) is 7.09. The van der Waals surface area contributed by atoms with Gasteiger partial charge in [-0.25, -0.2) is 4.98 Å². The summed E-state index contributed by atoms with van der Waals surface area (Å²) in [5.41, 5.74) is 7.96. The first-order valence-electron chi connectivity index (χ1n) is 17.1. The van der Waals surface area contributed by atoms with E-state index in [1.165, 1.54) is 0 Å². The predicted octanol–water partition coefficient (Wildman–Crippen LogP) is 10.3. The first-order chi connectivity index (χ1) is 24.9. The number of pyridine rings is 1. The van der Waals surface area contributed by atoms with Crippen molar-refractivity contribution >= 4 is 38.9 Å². The van der Waals surface area contributed by atoms with Crippen LogP contribution in [0.4, 0.5) is 17.1 Å². The van der Waals surface area contributed by atoms with Crippen molar-refractivity contribution in [2.24, 2.45) is 0 Å². The van der Waals surface area contributed by atoms with E-state index >= 15 is 0 Å². The molecule has 6 nitrogen and oxygen atoms in total. The molecule has 0 atom stereocenters. The molecular weight excluding hydrogens is 788 g/mol. The van der Waals surface area contributed by atoms with Gasteiger partial charge in [0.25, 0.3) is 0 Å². The number of hydroxylamine groups is 1. The van der Waals surface area contributed by atoms with E-state index in [4.69, 9.17) is 13.8 Å². The van der Waals surface area contributed by atoms with Crippen LogP contribution in [0.15, 0.2) is 152 Å². The van der Waals surface area contributed by atoms with Gasteiger partial charge in [0.05, 0.1) is 11.1 Å². The molecule has 3 heterocycles. The number of nitrogens with zero attached hydrogens (tertiary/aromatic N) is 4. The summed E-state index contributed by atoms with van der Waals surface area (Å²) in [5, 5.41) is 4.71. The van der Waals surface area contributed by atoms with Crippen LogP contribution in [0.3, 0.4) is 0 Å². The van der Waals surface area contributed by atoms with Gasteiger partial charge in [-0.1, -0.05) is 90.4 Å². The molecule has 0 aliphatic carbocycles. The average molecular weight is 820 g/mol. The first-order valence-corrected chi connectivity index (χ1v) is 15.6. The molecule has 0 fully saturated rings. The van der Waals surface area contributed by atoms with E-state index in [-0.39, 0.29) is 21.1 Å². The maximum atomic E-state index is 7.98. The van der Waals surface area contributed by atoms with Crippen LogP contribution in [0.1, 0.15) is 4.11 Å². The van der Waals surface area contributed by atoms with Crippen molar-refractivity contribution in [1.29, 1.82) is 0 Å². The summed E-state index contributed by atoms with van der Waals surface area (Å²) < 4.78 is 32.4. The number of aromatic nitrogens is 2. The van der Waals surface area contributed by atoms with Crippen LogP contribution in [0.25, 0.3) is 49.9 Å². The molecule has 0 unspecified atom stereocenters. The van der Waals surface area contributed by atoms with Gasteiger partial charge in [0.2, 0.25) is 0 Å². The number of para-hydroxylation sites is 3. The van der Waals surface area contributed by atoms with E-state index in [9.17, 15) is 0 Å². The van der Waals surface area contributed by atoms with Gasteiger partial charge in [0.1, 0.15) is 17.2 Å². The monoisotopic (exact) mass is 819 g/mol. The Bertz CT molecular complexity index is 2570. The Morgan fingerprint density at radius 2 is 1.39 bits per heavy atom. The second-order valence-electron chi connectivity index (χ2n) is 11.5. The summed E-state index contributed by atoms with van der Waals surface area (Å²) in [6.45, 7) is -2.44. The molecule has 1 N–H and O–H groups in total. The average Bonchev–Trinajstić information content (AvgIpc) is 3.72. The van der Waals surface area contributed by atoms with Crippen LogP contribution in [0.5, 0.6) is 11.5 Å². The van der Waals surface area contributed by atoms with E-state index in [0.717, 1.165) is 54.9 Å². The van der Waals surface area contributed by atoms with Crippen molar-refractivity contribution in [2.75, 3.05) is 17.1 Å². The molecule has 9 rings (SSSR count). The Morgan fingerprint density at radius 3 is 2.24 bits per heavy atom. The van der Waals surface area contributed by atoms with Gasteiger partial charge in [-0.15, -0.1) is 45.8 Å². The Labute approximate surface area is 302 Å². The number of fused-ring (bicyclic) bond motifs is 4. The minimum absolute atomic E-state index is 0. The van der Waals surface area contributed by atoms with Crippen molar-refractivity contribution in [2.45, 2.75) is 0 Å². The number of hydrogen-bond donors (Lipinski definition) is 0. The zero-order chi connectivity index (χ0) is 34.5. The van der Waals surface area contributed by atoms with Gasteiger partial charge in [-0.3, -0.25) is 0 Å². The summed E-state index contributed by atoms with van der Waals surface area (Å²) >= 11 is 0. The van der Waals surface area contributed by atoms with Crippen LogP contribution in [-0.4, -0.2) is 21.5 Å². The molecule has 240 valence electrons. The third-order valence-electron chi connectivity index (χ3n) is 8.57. The van der Waals surface area contributed by atoms with Crippen LogP contribution in [0.2, 0.25) is 0 Å². The van der Waals surface area contributed by atoms with E-state index in [1.54, 1.807) is 23.3 Å². The van der Waals surface area contributed by atoms with Crippen molar-refractivity contribution < 1.29 is 34.9 Å². The minimum Gasteiger partial charge on any atom is -0.509 e. The number of hydrogen-bond acceptors (Lipinski definition) is 4. The molecule has 49 heavy (non-hydrogen) atoms. The van der Waals surface area contributed by atoms with Crippen molar-refractivity contribution in [3.05, 3.63) is 164 Å². The molecule has 0 bridgehead atoms. The Balaban J connectivity index is 0.00000387. The largest absolute Gasteiger partial charge is 0.509 e. The summed E-state index contributed by atoms with van der Waals surface area (Å²) in [4.78, 5) is 9.26. The van der Waals surface area contributed by atoms with E-state index < -0.39 is 6.98 Å². The molecule has 0 amide bonds. The molecule has 8 aromatic rings. The van der Waals surface area contributed by atoms with Gasteiger partial charge in [-0.05, 0) is 58.0 Å². The standard InChI is InChI=1S/C42H28N4O2.Pt/c1-44-39-20-9-10-21-40(39)46(48-44)31-14-11-15-32(27-31)47-33-22-23-37-36-18-7-8-19-38(36)45(41(37)28-33)42-26-30(24-25-43-42)35-17-6-5-16-34(35)29-12-3-2-4-13-29;/h2-26H,1H3;/q-2;/p+1/i1D3;. The molecule has 2 aromatic heterocycles. The fourth-order valence-electron chi connectivity index (χ4n) is 6.41. The minimum atomic E-state index is -2.44. The zero-order valence-corrected chi connectivity index (χ0v) is 28.2. The van der Waals surface area contributed by atoms with Gasteiger partial charge >= 0.3 is 0 Å². The fourth-order valence-corrected chi connectivity index (χ4v) is 6.41. The van der Waals surface area contributed by atoms with Gasteiger partial charge in [0, 0.05) is 50.0 Å². The predicted molar refractivity (Wildman–Crippen MR) is 192 cm³/mol. The third kappa shape index (κ3) is 5.45. The Morgan fingerprint density at radius 1 is 0.653 bits per heavy atom. The number of anilines is 3. The molecule has 1 aliphatic heterocycles. The molecule has 0 saturated carbocycles. The van der Waals surface area contributed by atoms with E-state index in [2.05, 4.69) is 88.4 Å². The van der Waals surface area contributed by atoms with Gasteiger partial charge in [-0.2, -0.15) is 17.1 Å². The van der Waals surface area contributed by atoms with Gasteiger partial charge < -0.3 is 9.30 Å². The third-order valence-corrected chi connectivity index (χ3v) is 8.57. The first kappa shape index (κ1) is 27.3. The maximum Gasteiger partial charge on any atom is 0.145 e. The summed E-state index contributed by atoms with van der Waals surface area (Å²) in [6.07, 6.45) is 1.85. The maximum absolute atomic E-state index is 7.98. The summed E-state index contributed by atoms with van der Waals surface area (Å²) in [6, 6.07) is 54.6. The van der Waals surface area contributed by atoms with E-state index in [1.807, 2.05) is 66.9 Å². The number of rotatable bonds is 6. The SMILES string of the molecule is [2H]C([2H])([2H])N1[OH+]N(c2[c-]c(Oc3[c-]c4c(cc3)c3ccccc3n4-c3cc(-c4ccccc4-c4ccccc4)ccn3)ccc2)c2ccccc21.[Pt]. The van der Waals surface area contributed by atoms with Crippen molar-refractivity contribution in [3.8, 4) is 39.6 Å². The molecule has 7 heteroatoms. The van der Waals surface area contributed by atoms with Crippen LogP contribution in [-0.2, 0) is 21.1 Å². The second-order valence-corrected chi connectivity index (χ2v) is 11.5. The van der Waals surface area contributed by atoms with E-state index in [0.29, 0.717) is 28.6 Å². The zero-order valence-electron chi connectivity index (χ0n) is 28.9. The fraction of sp³-hybridized carbons (Fsp3) is 0.0238. The second kappa shape index (κ2) is 12.7. The summed E-state index contributed by atoms with van der Waals surface area (Å²) in [7, 11) is 0. The molecule has 1 aliphatic rings. The molecular formula is C42H29N4O2Pt-. The van der Waals surface area contributed by atoms with Gasteiger partial charge in [0.15, 0.2) is 0 Å². The molecule has 0 saturated heterocycles. The van der Waals surface area contributed by atoms with Crippen molar-refractivity contribution in [3.63, 3.8) is 0 Å². The smallest absolute Gasteiger partial charge is 0.145 e. The van der Waals surface area contributed by atoms with Crippen LogP contribution < -0.4 is 14.9 Å². The quantitative estimate of drug-likeness (QED) is 0.124. The van der Waals surface area contributed by atoms with Crippen molar-refractivity contribution in [1.82, 2.24) is 9.55 Å². The Hall–Kier alpha value is -5.68.